The Labute approximate surface area is 446 Å². The van der Waals surface area contributed by atoms with Crippen molar-refractivity contribution in [2.75, 3.05) is 140 Å². The van der Waals surface area contributed by atoms with Crippen molar-refractivity contribution < 1.29 is 28.7 Å². The first kappa shape index (κ1) is 55.1. The zero-order valence-corrected chi connectivity index (χ0v) is 45.2. The summed E-state index contributed by atoms with van der Waals surface area (Å²) in [7, 11) is 11.4. The summed E-state index contributed by atoms with van der Waals surface area (Å²) in [5.41, 5.74) is 3.75. The average Bonchev–Trinajstić information content (AvgIpc) is 3.96. The molecule has 6 fully saturated rings. The second-order valence-corrected chi connectivity index (χ2v) is 21.2. The van der Waals surface area contributed by atoms with Crippen LogP contribution in [0, 0.1) is 0 Å². The van der Waals surface area contributed by atoms with E-state index in [1.807, 2.05) is 4.90 Å². The van der Waals surface area contributed by atoms with Crippen molar-refractivity contribution >= 4 is 58.9 Å². The van der Waals surface area contributed by atoms with Crippen molar-refractivity contribution in [2.24, 2.45) is 0 Å². The number of esters is 2. The first-order valence-electron chi connectivity index (χ1n) is 26.1. The van der Waals surface area contributed by atoms with E-state index in [-0.39, 0.29) is 46.1 Å². The molecule has 2 aliphatic carbocycles. The van der Waals surface area contributed by atoms with Crippen molar-refractivity contribution in [1.82, 2.24) is 50.6 Å². The van der Waals surface area contributed by atoms with Crippen LogP contribution in [0.15, 0.2) is 85.5 Å². The average molecular weight is 1050 g/mol. The zero-order valence-electron chi connectivity index (χ0n) is 44.5. The third-order valence-corrected chi connectivity index (χ3v) is 16.6. The predicted octanol–water partition coefficient (Wildman–Crippen LogP) is 4.66. The van der Waals surface area contributed by atoms with E-state index >= 15 is 0 Å². The molecule has 0 unspecified atom stereocenters. The molecule has 20 nitrogen and oxygen atoms in total. The van der Waals surface area contributed by atoms with E-state index in [9.17, 15) is 19.2 Å². The van der Waals surface area contributed by atoms with Crippen LogP contribution in [0.3, 0.4) is 0 Å². The standard InChI is InChI=1S/C27H37N7O3.C24H33N7O.C3H5ClO2/c1-31(2)27(21-7-5-4-6-8-21)11-9-26(10-12-27)20-34(25(36)30-26)22-17-28-24(29-18-22)33-15-13-32(14-16-33)19-23(35)37-3;1-29(2)24(19-6-4-3-5-7-19)10-8-23(9-11-24)18-31(22(32)28-23)20-16-26-21(27-17-20)30-14-12-25-13-15-30;1-6-3(5)2-4/h4-8,17-18H,9-16,19-20H2,1-3H3,(H,30,36);3-7,16-17,25H,8-15,18H2,1-2H3,(H,28,32);2H2,1H3. The third kappa shape index (κ3) is 12.4. The lowest BCUT2D eigenvalue weighted by Gasteiger charge is -2.48. The van der Waals surface area contributed by atoms with E-state index in [0.717, 1.165) is 121 Å². The Morgan fingerprint density at radius 2 is 0.960 bits per heavy atom. The Hall–Kier alpha value is -6.19. The summed E-state index contributed by atoms with van der Waals surface area (Å²) in [6.07, 6.45) is 14.8. The molecule has 2 aromatic heterocycles. The van der Waals surface area contributed by atoms with Crippen molar-refractivity contribution in [1.29, 1.82) is 0 Å². The molecule has 21 heteroatoms. The maximum atomic E-state index is 13.0. The monoisotopic (exact) mass is 1050 g/mol. The Morgan fingerprint density at radius 3 is 1.31 bits per heavy atom. The summed E-state index contributed by atoms with van der Waals surface area (Å²) < 4.78 is 8.89. The maximum Gasteiger partial charge on any atom is 0.322 e. The van der Waals surface area contributed by atoms with Crippen LogP contribution in [0.25, 0.3) is 0 Å². The molecular formula is C54H75ClN14O6. The third-order valence-electron chi connectivity index (χ3n) is 16.4. The molecule has 6 heterocycles. The minimum atomic E-state index is -0.392. The van der Waals surface area contributed by atoms with E-state index < -0.39 is 5.97 Å². The first-order chi connectivity index (χ1) is 36.2. The molecule has 10 rings (SSSR count). The van der Waals surface area contributed by atoms with Crippen LogP contribution in [0.1, 0.15) is 62.5 Å². The number of carbonyl (C=O) groups is 4. The van der Waals surface area contributed by atoms with Gasteiger partial charge >= 0.3 is 24.0 Å². The minimum absolute atomic E-state index is 0.0126. The highest BCUT2D eigenvalue weighted by atomic mass is 35.5. The number of methoxy groups -OCH3 is 2. The van der Waals surface area contributed by atoms with Gasteiger partial charge in [-0.05, 0) is 90.7 Å². The highest BCUT2D eigenvalue weighted by Crippen LogP contribution is 2.48. The van der Waals surface area contributed by atoms with Crippen molar-refractivity contribution in [3.63, 3.8) is 0 Å². The molecule has 2 aromatic carbocycles. The molecule has 4 aromatic rings. The van der Waals surface area contributed by atoms with E-state index in [1.54, 1.807) is 29.7 Å². The Morgan fingerprint density at radius 1 is 0.573 bits per heavy atom. The summed E-state index contributed by atoms with van der Waals surface area (Å²) in [6.45, 7) is 8.25. The van der Waals surface area contributed by atoms with E-state index in [4.69, 9.17) is 16.3 Å². The molecule has 4 saturated heterocycles. The Bertz CT molecular complexity index is 2510. The molecule has 4 aliphatic heterocycles. The number of urea groups is 2. The Kier molecular flexibility index (Phi) is 17.8. The first-order valence-corrected chi connectivity index (χ1v) is 26.6. The smallest absolute Gasteiger partial charge is 0.322 e. The molecule has 0 atom stereocenters. The van der Waals surface area contributed by atoms with Gasteiger partial charge < -0.3 is 35.2 Å². The fourth-order valence-electron chi connectivity index (χ4n) is 11.7. The fourth-order valence-corrected chi connectivity index (χ4v) is 11.8. The van der Waals surface area contributed by atoms with Crippen LogP contribution < -0.4 is 35.6 Å². The number of ether oxygens (including phenoxy) is 2. The molecule has 75 heavy (non-hydrogen) atoms. The van der Waals surface area contributed by atoms with Crippen LogP contribution in [0.2, 0.25) is 0 Å². The number of hydrogen-bond donors (Lipinski definition) is 3. The topological polar surface area (TPSA) is 197 Å². The van der Waals surface area contributed by atoms with Crippen molar-refractivity contribution in [3.8, 4) is 0 Å². The van der Waals surface area contributed by atoms with Gasteiger partial charge in [0.1, 0.15) is 5.88 Å². The molecular weight excluding hydrogens is 976 g/mol. The van der Waals surface area contributed by atoms with Crippen LogP contribution in [0.4, 0.5) is 32.9 Å². The SMILES string of the molecule is CN(C)C1(c2ccccc2)CCC2(CC1)CN(c1cnc(N3CCNCC3)nc1)C(=O)N2.COC(=O)CCl.COC(=O)CN1CCN(c2ncc(N3CC4(CCC(c5ccccc5)(N(C)C)CC4)NC3=O)cn2)CC1. The number of carbonyl (C=O) groups excluding carboxylic acids is 4. The second kappa shape index (κ2) is 24.2. The molecule has 404 valence electrons. The maximum absolute atomic E-state index is 13.0. The highest BCUT2D eigenvalue weighted by molar-refractivity contribution is 6.26. The number of piperazine rings is 2. The van der Waals surface area contributed by atoms with Crippen molar-refractivity contribution in [3.05, 3.63) is 96.6 Å². The number of aromatic nitrogens is 4. The number of nitrogens with one attached hydrogen (secondary N) is 3. The van der Waals surface area contributed by atoms with Crippen LogP contribution in [0.5, 0.6) is 0 Å². The Balaban J connectivity index is 0.000000181. The number of halogens is 1. The largest absolute Gasteiger partial charge is 0.468 e. The van der Waals surface area contributed by atoms with E-state index in [2.05, 4.69) is 154 Å². The van der Waals surface area contributed by atoms with Gasteiger partial charge in [-0.2, -0.15) is 0 Å². The summed E-state index contributed by atoms with van der Waals surface area (Å²) >= 11 is 4.98. The quantitative estimate of drug-likeness (QED) is 0.139. The number of amides is 4. The number of alkyl halides is 1. The van der Waals surface area contributed by atoms with Crippen LogP contribution >= 0.6 is 11.6 Å². The lowest BCUT2D eigenvalue weighted by Crippen LogP contribution is -2.54. The normalized spacial score (nSPS) is 25.8. The van der Waals surface area contributed by atoms with Gasteiger partial charge in [-0.1, -0.05) is 60.7 Å². The van der Waals surface area contributed by atoms with Gasteiger partial charge in [0.15, 0.2) is 0 Å². The van der Waals surface area contributed by atoms with Crippen LogP contribution in [-0.2, 0) is 30.1 Å². The number of rotatable bonds is 11. The minimum Gasteiger partial charge on any atom is -0.468 e. The molecule has 2 saturated carbocycles. The molecule has 6 aliphatic rings. The second-order valence-electron chi connectivity index (χ2n) is 20.9. The lowest BCUT2D eigenvalue weighted by atomic mass is 9.69. The predicted molar refractivity (Wildman–Crippen MR) is 290 cm³/mol. The number of nitrogens with zero attached hydrogens (tertiary/aromatic N) is 11. The summed E-state index contributed by atoms with van der Waals surface area (Å²) in [5.74, 6) is 0.710. The summed E-state index contributed by atoms with van der Waals surface area (Å²) in [5, 5.41) is 9.97. The lowest BCUT2D eigenvalue weighted by molar-refractivity contribution is -0.142. The number of hydrogen-bond acceptors (Lipinski definition) is 16. The van der Waals surface area contributed by atoms with E-state index in [1.165, 1.54) is 25.3 Å². The van der Waals surface area contributed by atoms with Crippen LogP contribution in [-0.4, -0.2) is 190 Å². The summed E-state index contributed by atoms with van der Waals surface area (Å²) in [4.78, 5) is 80.2. The summed E-state index contributed by atoms with van der Waals surface area (Å²) in [6, 6.07) is 21.4. The van der Waals surface area contributed by atoms with Crippen molar-refractivity contribution in [2.45, 2.75) is 73.5 Å². The molecule has 0 radical (unpaired) electrons. The molecule has 2 spiro atoms. The highest BCUT2D eigenvalue weighted by Gasteiger charge is 2.52. The van der Waals surface area contributed by atoms with Gasteiger partial charge in [-0.3, -0.25) is 34.1 Å². The van der Waals surface area contributed by atoms with Gasteiger partial charge in [-0.25, -0.2) is 29.5 Å². The van der Waals surface area contributed by atoms with Gasteiger partial charge in [0, 0.05) is 63.4 Å². The van der Waals surface area contributed by atoms with Gasteiger partial charge in [0.2, 0.25) is 11.9 Å². The fraction of sp³-hybridized carbons (Fsp3) is 0.556. The zero-order chi connectivity index (χ0) is 53.2. The number of benzene rings is 2. The van der Waals surface area contributed by atoms with Gasteiger partial charge in [0.25, 0.3) is 0 Å². The molecule has 4 amide bonds. The number of anilines is 4. The van der Waals surface area contributed by atoms with Gasteiger partial charge in [0.05, 0.1) is 81.1 Å². The molecule has 0 bridgehead atoms. The van der Waals surface area contributed by atoms with Gasteiger partial charge in [-0.15, -0.1) is 11.6 Å². The van der Waals surface area contributed by atoms with E-state index in [0.29, 0.717) is 25.6 Å². The molecule has 3 N–H and O–H groups in total.